The minimum atomic E-state index is -0.504. The number of carbonyl (C=O) groups excluding carboxylic acids is 2. The first-order chi connectivity index (χ1) is 16.9. The van der Waals surface area contributed by atoms with Crippen molar-refractivity contribution in [3.05, 3.63) is 60.8 Å². The molecule has 0 atom stereocenters. The molecule has 3 aromatic rings. The summed E-state index contributed by atoms with van der Waals surface area (Å²) in [6.45, 7) is 6.49. The Morgan fingerprint density at radius 2 is 1.97 bits per heavy atom. The standard InChI is InChI=1S/C24H25N5O4S2/c1-14(2)17-13-34-20(25-17)4-3-15-5-6-29-19(11-15)26-21(28-7-9-33-10-8-28)16(23(29)31)12-18-22(30)27-24(32)35-18/h5-6,11-14H,3-4,7-10H2,1-2H3,(H,27,30,32). The molecule has 0 spiro atoms. The van der Waals surface area contributed by atoms with Crippen LogP contribution in [0.2, 0.25) is 0 Å². The van der Waals surface area contributed by atoms with Gasteiger partial charge < -0.3 is 9.64 Å². The number of thioether (sulfide) groups is 1. The van der Waals surface area contributed by atoms with E-state index in [2.05, 4.69) is 24.5 Å². The maximum absolute atomic E-state index is 13.5. The number of hydrogen-bond acceptors (Lipinski definition) is 9. The highest BCUT2D eigenvalue weighted by molar-refractivity contribution is 8.18. The number of ether oxygens (including phenoxy) is 1. The van der Waals surface area contributed by atoms with Crippen molar-refractivity contribution in [3.63, 3.8) is 0 Å². The number of nitrogens with one attached hydrogen (secondary N) is 1. The van der Waals surface area contributed by atoms with Gasteiger partial charge in [-0.2, -0.15) is 0 Å². The molecule has 0 saturated carbocycles. The molecule has 182 valence electrons. The summed E-state index contributed by atoms with van der Waals surface area (Å²) in [6.07, 6.45) is 4.80. The van der Waals surface area contributed by atoms with Crippen LogP contribution in [0.25, 0.3) is 11.7 Å². The quantitative estimate of drug-likeness (QED) is 0.503. The first-order valence-corrected chi connectivity index (χ1v) is 13.2. The minimum absolute atomic E-state index is 0.184. The van der Waals surface area contributed by atoms with Gasteiger partial charge in [0.15, 0.2) is 0 Å². The van der Waals surface area contributed by atoms with Crippen molar-refractivity contribution in [3.8, 4) is 0 Å². The lowest BCUT2D eigenvalue weighted by Gasteiger charge is -2.29. The lowest BCUT2D eigenvalue weighted by atomic mass is 10.1. The van der Waals surface area contributed by atoms with Crippen molar-refractivity contribution < 1.29 is 14.3 Å². The second-order valence-electron chi connectivity index (χ2n) is 8.69. The van der Waals surface area contributed by atoms with Crippen LogP contribution in [0.15, 0.2) is 33.4 Å². The topological polar surface area (TPSA) is 106 Å². The molecule has 0 radical (unpaired) electrons. The molecular formula is C24H25N5O4S2. The zero-order chi connectivity index (χ0) is 24.5. The van der Waals surface area contributed by atoms with Crippen LogP contribution < -0.4 is 15.8 Å². The fourth-order valence-electron chi connectivity index (χ4n) is 3.99. The van der Waals surface area contributed by atoms with Crippen molar-refractivity contribution in [2.75, 3.05) is 31.2 Å². The van der Waals surface area contributed by atoms with Gasteiger partial charge in [-0.3, -0.25) is 24.1 Å². The Kier molecular flexibility index (Phi) is 6.72. The first kappa shape index (κ1) is 23.7. The summed E-state index contributed by atoms with van der Waals surface area (Å²) in [4.78, 5) is 49.0. The van der Waals surface area contributed by atoms with Gasteiger partial charge >= 0.3 is 0 Å². The summed E-state index contributed by atoms with van der Waals surface area (Å²) in [5, 5.41) is 4.99. The van der Waals surface area contributed by atoms with E-state index < -0.39 is 11.1 Å². The molecule has 3 aromatic heterocycles. The number of aryl methyl sites for hydroxylation is 2. The van der Waals surface area contributed by atoms with Crippen LogP contribution in [-0.4, -0.2) is 51.8 Å². The highest BCUT2D eigenvalue weighted by Crippen LogP contribution is 2.28. The largest absolute Gasteiger partial charge is 0.378 e. The van der Waals surface area contributed by atoms with E-state index in [1.54, 1.807) is 17.5 Å². The molecule has 0 bridgehead atoms. The van der Waals surface area contributed by atoms with E-state index in [4.69, 9.17) is 14.7 Å². The highest BCUT2D eigenvalue weighted by atomic mass is 32.2. The van der Waals surface area contributed by atoms with Gasteiger partial charge in [0.2, 0.25) is 0 Å². The predicted molar refractivity (Wildman–Crippen MR) is 137 cm³/mol. The Morgan fingerprint density at radius 1 is 1.17 bits per heavy atom. The van der Waals surface area contributed by atoms with E-state index in [1.807, 2.05) is 17.0 Å². The van der Waals surface area contributed by atoms with Gasteiger partial charge in [-0.05, 0) is 47.9 Å². The van der Waals surface area contributed by atoms with Crippen molar-refractivity contribution in [1.82, 2.24) is 19.7 Å². The number of carbonyl (C=O) groups is 2. The fraction of sp³-hybridized carbons (Fsp3) is 0.375. The molecule has 0 unspecified atom stereocenters. The molecule has 2 amide bonds. The summed E-state index contributed by atoms with van der Waals surface area (Å²) in [5.41, 5.74) is 2.72. The highest BCUT2D eigenvalue weighted by Gasteiger charge is 2.27. The molecule has 2 aliphatic heterocycles. The average Bonchev–Trinajstić information content (AvgIpc) is 3.45. The van der Waals surface area contributed by atoms with Crippen molar-refractivity contribution in [2.45, 2.75) is 32.6 Å². The number of aromatic nitrogens is 3. The van der Waals surface area contributed by atoms with Crippen molar-refractivity contribution in [1.29, 1.82) is 0 Å². The van der Waals surface area contributed by atoms with E-state index >= 15 is 0 Å². The lowest BCUT2D eigenvalue weighted by molar-refractivity contribution is -0.115. The summed E-state index contributed by atoms with van der Waals surface area (Å²) in [5.74, 6) is 0.402. The molecule has 0 aromatic carbocycles. The van der Waals surface area contributed by atoms with Crippen LogP contribution >= 0.6 is 23.1 Å². The van der Waals surface area contributed by atoms with Crippen LogP contribution in [0.4, 0.5) is 10.6 Å². The molecule has 1 N–H and O–H groups in total. The fourth-order valence-corrected chi connectivity index (χ4v) is 5.61. The molecule has 0 aliphatic carbocycles. The maximum atomic E-state index is 13.5. The Labute approximate surface area is 210 Å². The number of imide groups is 1. The second kappa shape index (κ2) is 9.92. The lowest BCUT2D eigenvalue weighted by Crippen LogP contribution is -2.38. The summed E-state index contributed by atoms with van der Waals surface area (Å²) < 4.78 is 6.95. The van der Waals surface area contributed by atoms with Crippen LogP contribution in [0, 0.1) is 0 Å². The third-order valence-electron chi connectivity index (χ3n) is 5.93. The van der Waals surface area contributed by atoms with Gasteiger partial charge in [0, 0.05) is 31.1 Å². The predicted octanol–water partition coefficient (Wildman–Crippen LogP) is 3.22. The van der Waals surface area contributed by atoms with Crippen molar-refractivity contribution >= 4 is 51.8 Å². The van der Waals surface area contributed by atoms with Crippen LogP contribution in [0.5, 0.6) is 0 Å². The number of fused-ring (bicyclic) bond motifs is 1. The Bertz CT molecular complexity index is 1390. The first-order valence-electron chi connectivity index (χ1n) is 11.5. The normalized spacial score (nSPS) is 17.7. The molecular weight excluding hydrogens is 486 g/mol. The smallest absolute Gasteiger partial charge is 0.290 e. The summed E-state index contributed by atoms with van der Waals surface area (Å²) in [7, 11) is 0. The molecule has 2 fully saturated rings. The summed E-state index contributed by atoms with van der Waals surface area (Å²) in [6, 6.07) is 3.85. The number of nitrogens with zero attached hydrogens (tertiary/aromatic N) is 4. The molecule has 35 heavy (non-hydrogen) atoms. The van der Waals surface area contributed by atoms with E-state index in [9.17, 15) is 14.4 Å². The molecule has 5 heterocycles. The maximum Gasteiger partial charge on any atom is 0.290 e. The molecule has 5 rings (SSSR count). The Hall–Kier alpha value is -3.02. The summed E-state index contributed by atoms with van der Waals surface area (Å²) >= 11 is 2.46. The van der Waals surface area contributed by atoms with Gasteiger partial charge in [0.05, 0.1) is 34.4 Å². The second-order valence-corrected chi connectivity index (χ2v) is 10.6. The average molecular weight is 512 g/mol. The SMILES string of the molecule is CC(C)c1csc(CCc2ccn3c(=O)c(C=C4SC(=O)NC4=O)c(N4CCOCC4)nc3c2)n1. The Morgan fingerprint density at radius 3 is 2.66 bits per heavy atom. The third kappa shape index (κ3) is 5.02. The Balaban J connectivity index is 1.51. The third-order valence-corrected chi connectivity index (χ3v) is 7.66. The van der Waals surface area contributed by atoms with Crippen LogP contribution in [0.3, 0.4) is 0 Å². The number of amides is 2. The number of rotatable bonds is 6. The number of thiazole rings is 1. The van der Waals surface area contributed by atoms with Gasteiger partial charge in [-0.15, -0.1) is 11.3 Å². The molecule has 9 nitrogen and oxygen atoms in total. The monoisotopic (exact) mass is 511 g/mol. The number of morpholine rings is 1. The number of hydrogen-bond donors (Lipinski definition) is 1. The van der Waals surface area contributed by atoms with Crippen LogP contribution in [-0.2, 0) is 22.4 Å². The van der Waals surface area contributed by atoms with Gasteiger partial charge in [0.1, 0.15) is 11.5 Å². The molecule has 2 aliphatic rings. The zero-order valence-corrected chi connectivity index (χ0v) is 21.1. The minimum Gasteiger partial charge on any atom is -0.378 e. The van der Waals surface area contributed by atoms with E-state index in [0.717, 1.165) is 40.9 Å². The molecule has 11 heteroatoms. The van der Waals surface area contributed by atoms with E-state index in [-0.39, 0.29) is 16.0 Å². The number of anilines is 1. The van der Waals surface area contributed by atoms with Gasteiger partial charge in [0.25, 0.3) is 16.7 Å². The van der Waals surface area contributed by atoms with Crippen LogP contribution in [0.1, 0.15) is 41.6 Å². The van der Waals surface area contributed by atoms with E-state index in [1.165, 1.54) is 10.5 Å². The van der Waals surface area contributed by atoms with Crippen molar-refractivity contribution in [2.24, 2.45) is 0 Å². The van der Waals surface area contributed by atoms with Gasteiger partial charge in [-0.25, -0.2) is 9.97 Å². The zero-order valence-electron chi connectivity index (χ0n) is 19.4. The van der Waals surface area contributed by atoms with E-state index in [0.29, 0.717) is 43.7 Å². The van der Waals surface area contributed by atoms with Gasteiger partial charge in [-0.1, -0.05) is 13.8 Å². The number of pyridine rings is 1. The molecule has 2 saturated heterocycles.